The van der Waals surface area contributed by atoms with E-state index in [-0.39, 0.29) is 11.9 Å². The van der Waals surface area contributed by atoms with Gasteiger partial charge in [0, 0.05) is 13.6 Å². The van der Waals surface area contributed by atoms with Crippen LogP contribution in [0.15, 0.2) is 0 Å². The molecule has 0 bridgehead atoms. The van der Waals surface area contributed by atoms with Gasteiger partial charge in [-0.2, -0.15) is 0 Å². The number of piperidine rings is 1. The second kappa shape index (κ2) is 6.21. The molecule has 1 rings (SSSR count). The maximum absolute atomic E-state index is 11.8. The number of nitrogens with two attached hydrogens (primary N) is 1. The van der Waals surface area contributed by atoms with Gasteiger partial charge in [-0.25, -0.2) is 0 Å². The Hall–Kier alpha value is -0.610. The van der Waals surface area contributed by atoms with Crippen molar-refractivity contribution in [1.82, 2.24) is 9.80 Å². The van der Waals surface area contributed by atoms with Gasteiger partial charge in [-0.05, 0) is 45.3 Å². The lowest BCUT2D eigenvalue weighted by atomic mass is 9.96. The van der Waals surface area contributed by atoms with E-state index in [4.69, 9.17) is 5.73 Å². The highest BCUT2D eigenvalue weighted by Gasteiger charge is 2.22. The van der Waals surface area contributed by atoms with Gasteiger partial charge in [-0.15, -0.1) is 0 Å². The summed E-state index contributed by atoms with van der Waals surface area (Å²) >= 11 is 0. The van der Waals surface area contributed by atoms with Crippen molar-refractivity contribution < 1.29 is 4.79 Å². The predicted molar refractivity (Wildman–Crippen MR) is 66.1 cm³/mol. The molecule has 0 saturated carbocycles. The highest BCUT2D eigenvalue weighted by Crippen LogP contribution is 2.17. The topological polar surface area (TPSA) is 49.6 Å². The monoisotopic (exact) mass is 227 g/mol. The van der Waals surface area contributed by atoms with Gasteiger partial charge >= 0.3 is 0 Å². The minimum Gasteiger partial charge on any atom is -0.344 e. The van der Waals surface area contributed by atoms with Gasteiger partial charge in [0.15, 0.2) is 0 Å². The van der Waals surface area contributed by atoms with Crippen LogP contribution < -0.4 is 5.73 Å². The Labute approximate surface area is 98.8 Å². The molecule has 0 unspecified atom stereocenters. The number of hydrogen-bond donors (Lipinski definition) is 1. The average Bonchev–Trinajstić information content (AvgIpc) is 2.30. The number of nitrogens with zero attached hydrogens (tertiary/aromatic N) is 2. The van der Waals surface area contributed by atoms with Crippen LogP contribution >= 0.6 is 0 Å². The van der Waals surface area contributed by atoms with Crippen LogP contribution in [0.2, 0.25) is 0 Å². The predicted octanol–water partition coefficient (Wildman–Crippen LogP) is 0.524. The molecule has 0 aromatic rings. The van der Waals surface area contributed by atoms with Crippen molar-refractivity contribution >= 4 is 5.91 Å². The molecule has 0 radical (unpaired) electrons. The molecule has 1 heterocycles. The van der Waals surface area contributed by atoms with Gasteiger partial charge in [-0.1, -0.05) is 6.92 Å². The maximum atomic E-state index is 11.8. The number of likely N-dealkylation sites (N-methyl/N-ethyl adjacent to an activating group) is 1. The molecule has 1 amide bonds. The second-order valence-corrected chi connectivity index (χ2v) is 4.98. The van der Waals surface area contributed by atoms with Crippen molar-refractivity contribution in [3.63, 3.8) is 0 Å². The molecule has 1 aliphatic heterocycles. The fourth-order valence-corrected chi connectivity index (χ4v) is 2.18. The summed E-state index contributed by atoms with van der Waals surface area (Å²) in [6.07, 6.45) is 3.10. The van der Waals surface area contributed by atoms with Crippen LogP contribution in [-0.4, -0.2) is 55.5 Å². The number of amides is 1. The van der Waals surface area contributed by atoms with Crippen molar-refractivity contribution in [3.05, 3.63) is 0 Å². The van der Waals surface area contributed by atoms with E-state index in [0.29, 0.717) is 5.92 Å². The van der Waals surface area contributed by atoms with Gasteiger partial charge in [0.1, 0.15) is 0 Å². The molecule has 2 N–H and O–H groups in total. The SMILES string of the molecule is CC[C@H](N)C(=O)N(C)CC1CCN(C)CC1. The zero-order valence-electron chi connectivity index (χ0n) is 10.8. The van der Waals surface area contributed by atoms with Crippen molar-refractivity contribution in [3.8, 4) is 0 Å². The quantitative estimate of drug-likeness (QED) is 0.762. The highest BCUT2D eigenvalue weighted by molar-refractivity contribution is 5.81. The average molecular weight is 227 g/mol. The Morgan fingerprint density at radius 1 is 1.50 bits per heavy atom. The first kappa shape index (κ1) is 13.5. The van der Waals surface area contributed by atoms with Crippen molar-refractivity contribution in [2.24, 2.45) is 11.7 Å². The summed E-state index contributed by atoms with van der Waals surface area (Å²) in [6.45, 7) is 5.10. The first-order chi connectivity index (χ1) is 7.54. The Balaban J connectivity index is 2.33. The summed E-state index contributed by atoms with van der Waals surface area (Å²) in [7, 11) is 4.02. The summed E-state index contributed by atoms with van der Waals surface area (Å²) in [6, 6.07) is -0.323. The molecule has 0 aliphatic carbocycles. The molecule has 1 atom stereocenters. The lowest BCUT2D eigenvalue weighted by molar-refractivity contribution is -0.132. The van der Waals surface area contributed by atoms with Gasteiger partial charge in [0.2, 0.25) is 5.91 Å². The third kappa shape index (κ3) is 3.76. The Bertz CT molecular complexity index is 224. The number of carbonyl (C=O) groups excluding carboxylic acids is 1. The van der Waals surface area contributed by atoms with E-state index in [1.165, 1.54) is 12.8 Å². The van der Waals surface area contributed by atoms with E-state index in [2.05, 4.69) is 11.9 Å². The highest BCUT2D eigenvalue weighted by atomic mass is 16.2. The zero-order valence-corrected chi connectivity index (χ0v) is 10.8. The van der Waals surface area contributed by atoms with Gasteiger partial charge < -0.3 is 15.5 Å². The lowest BCUT2D eigenvalue weighted by Gasteiger charge is -2.32. The maximum Gasteiger partial charge on any atom is 0.239 e. The third-order valence-electron chi connectivity index (χ3n) is 3.50. The Morgan fingerprint density at radius 3 is 2.56 bits per heavy atom. The molecule has 94 valence electrons. The second-order valence-electron chi connectivity index (χ2n) is 4.98. The molecule has 1 fully saturated rings. The molecular formula is C12H25N3O. The largest absolute Gasteiger partial charge is 0.344 e. The first-order valence-electron chi connectivity index (χ1n) is 6.23. The number of rotatable bonds is 4. The van der Waals surface area contributed by atoms with Crippen LogP contribution in [-0.2, 0) is 4.79 Å². The third-order valence-corrected chi connectivity index (χ3v) is 3.50. The van der Waals surface area contributed by atoms with E-state index >= 15 is 0 Å². The molecule has 4 nitrogen and oxygen atoms in total. The minimum absolute atomic E-state index is 0.0847. The number of hydrogen-bond acceptors (Lipinski definition) is 3. The fraction of sp³-hybridized carbons (Fsp3) is 0.917. The van der Waals surface area contributed by atoms with Crippen molar-refractivity contribution in [2.75, 3.05) is 33.7 Å². The van der Waals surface area contributed by atoms with Crippen molar-refractivity contribution in [2.45, 2.75) is 32.2 Å². The Morgan fingerprint density at radius 2 is 2.06 bits per heavy atom. The lowest BCUT2D eigenvalue weighted by Crippen LogP contribution is -2.44. The fourth-order valence-electron chi connectivity index (χ4n) is 2.18. The summed E-state index contributed by atoms with van der Waals surface area (Å²) in [5, 5.41) is 0. The summed E-state index contributed by atoms with van der Waals surface area (Å²) in [4.78, 5) is 16.0. The van der Waals surface area contributed by atoms with Crippen LogP contribution in [0.25, 0.3) is 0 Å². The van der Waals surface area contributed by atoms with E-state index in [1.54, 1.807) is 0 Å². The normalized spacial score (nSPS) is 20.8. The molecule has 0 aromatic heterocycles. The van der Waals surface area contributed by atoms with E-state index in [1.807, 2.05) is 18.9 Å². The van der Waals surface area contributed by atoms with Crippen LogP contribution in [0.3, 0.4) is 0 Å². The number of carbonyl (C=O) groups is 1. The van der Waals surface area contributed by atoms with Gasteiger partial charge in [0.05, 0.1) is 6.04 Å². The molecule has 0 aromatic carbocycles. The minimum atomic E-state index is -0.323. The summed E-state index contributed by atoms with van der Waals surface area (Å²) in [5.41, 5.74) is 5.75. The number of likely N-dealkylation sites (tertiary alicyclic amines) is 1. The van der Waals surface area contributed by atoms with Crippen LogP contribution in [0.1, 0.15) is 26.2 Å². The Kier molecular flexibility index (Phi) is 5.22. The first-order valence-corrected chi connectivity index (χ1v) is 6.23. The summed E-state index contributed by atoms with van der Waals surface area (Å²) < 4.78 is 0. The molecule has 16 heavy (non-hydrogen) atoms. The van der Waals surface area contributed by atoms with Gasteiger partial charge in [0.25, 0.3) is 0 Å². The smallest absolute Gasteiger partial charge is 0.239 e. The van der Waals surface area contributed by atoms with Gasteiger partial charge in [-0.3, -0.25) is 4.79 Å². The molecular weight excluding hydrogens is 202 g/mol. The van der Waals surface area contributed by atoms with Crippen molar-refractivity contribution in [1.29, 1.82) is 0 Å². The van der Waals surface area contributed by atoms with E-state index in [0.717, 1.165) is 26.1 Å². The standard InChI is InChI=1S/C12H25N3O/c1-4-11(13)12(16)15(3)9-10-5-7-14(2)8-6-10/h10-11H,4-9,13H2,1-3H3/t11-/m0/s1. The molecule has 4 heteroatoms. The molecule has 1 saturated heterocycles. The van der Waals surface area contributed by atoms with Crippen LogP contribution in [0.5, 0.6) is 0 Å². The zero-order chi connectivity index (χ0) is 12.1. The summed E-state index contributed by atoms with van der Waals surface area (Å²) in [5.74, 6) is 0.732. The van der Waals surface area contributed by atoms with E-state index < -0.39 is 0 Å². The van der Waals surface area contributed by atoms with E-state index in [9.17, 15) is 4.79 Å². The molecule has 0 spiro atoms. The van der Waals surface area contributed by atoms with Crippen LogP contribution in [0.4, 0.5) is 0 Å². The van der Waals surface area contributed by atoms with Crippen LogP contribution in [0, 0.1) is 5.92 Å². The molecule has 1 aliphatic rings.